The van der Waals surface area contributed by atoms with E-state index in [0.29, 0.717) is 38.9 Å². The van der Waals surface area contributed by atoms with Crippen LogP contribution in [-0.4, -0.2) is 30.6 Å². The molecule has 0 atom stereocenters. The number of aromatic nitrogens is 5. The minimum Gasteiger partial charge on any atom is -0.350 e. The van der Waals surface area contributed by atoms with Gasteiger partial charge in [-0.3, -0.25) is 19.1 Å². The van der Waals surface area contributed by atoms with E-state index in [1.807, 2.05) is 38.1 Å². The Morgan fingerprint density at radius 3 is 2.65 bits per heavy atom. The summed E-state index contributed by atoms with van der Waals surface area (Å²) in [6, 6.07) is 11.5. The van der Waals surface area contributed by atoms with E-state index < -0.39 is 0 Å². The molecule has 0 aliphatic heterocycles. The van der Waals surface area contributed by atoms with Gasteiger partial charge in [0.25, 0.3) is 11.4 Å². The van der Waals surface area contributed by atoms with E-state index in [4.69, 9.17) is 4.52 Å². The number of aryl methyl sites for hydroxylation is 2. The number of fused-ring (bicyclic) bond motifs is 1. The third kappa shape index (κ3) is 4.23. The van der Waals surface area contributed by atoms with E-state index in [2.05, 4.69) is 25.4 Å². The summed E-state index contributed by atoms with van der Waals surface area (Å²) in [6.07, 6.45) is 4.70. The van der Waals surface area contributed by atoms with Gasteiger partial charge in [0.1, 0.15) is 11.4 Å². The monoisotopic (exact) mass is 472 g/mol. The van der Waals surface area contributed by atoms with Crippen LogP contribution in [0, 0.1) is 13.8 Å². The number of pyridine rings is 1. The van der Waals surface area contributed by atoms with Gasteiger partial charge in [0.2, 0.25) is 11.7 Å². The number of amides is 1. The molecule has 0 fully saturated rings. The van der Waals surface area contributed by atoms with Gasteiger partial charge in [0, 0.05) is 24.5 Å². The quantitative estimate of drug-likeness (QED) is 0.402. The topological polar surface area (TPSA) is 116 Å². The smallest absolute Gasteiger partial charge is 0.268 e. The predicted molar refractivity (Wildman–Crippen MR) is 128 cm³/mol. The summed E-state index contributed by atoms with van der Waals surface area (Å²) in [7, 11) is 0. The van der Waals surface area contributed by atoms with Crippen LogP contribution in [0.3, 0.4) is 0 Å². The maximum atomic E-state index is 13.1. The molecule has 4 aromatic heterocycles. The number of rotatable bonds is 6. The van der Waals surface area contributed by atoms with Crippen molar-refractivity contribution in [3.8, 4) is 22.2 Å². The van der Waals surface area contributed by atoms with Crippen molar-refractivity contribution >= 4 is 27.5 Å². The van der Waals surface area contributed by atoms with E-state index in [0.717, 1.165) is 16.7 Å². The minimum absolute atomic E-state index is 0.120. The average Bonchev–Trinajstić information content (AvgIpc) is 3.46. The molecule has 9 nitrogen and oxygen atoms in total. The molecular formula is C24H20N6O3S. The van der Waals surface area contributed by atoms with E-state index >= 15 is 0 Å². The first-order valence-corrected chi connectivity index (χ1v) is 11.4. The number of nitrogens with one attached hydrogen (secondary N) is 1. The number of hydrogen-bond acceptors (Lipinski definition) is 8. The zero-order valence-corrected chi connectivity index (χ0v) is 19.3. The highest BCUT2D eigenvalue weighted by atomic mass is 32.1. The second-order valence-corrected chi connectivity index (χ2v) is 8.83. The van der Waals surface area contributed by atoms with Crippen LogP contribution in [0.2, 0.25) is 0 Å². The van der Waals surface area contributed by atoms with Crippen molar-refractivity contribution in [1.82, 2.24) is 30.0 Å². The van der Waals surface area contributed by atoms with Gasteiger partial charge in [-0.15, -0.1) is 11.3 Å². The van der Waals surface area contributed by atoms with Crippen molar-refractivity contribution in [3.63, 3.8) is 0 Å². The van der Waals surface area contributed by atoms with Crippen LogP contribution < -0.4 is 10.9 Å². The Morgan fingerprint density at radius 2 is 1.88 bits per heavy atom. The SMILES string of the molecule is Cc1ccc(CNC(=O)Cn2cnc3sc(-c4nc(-c5ccncc5)no4)c(C)c3c2=O)cc1. The van der Waals surface area contributed by atoms with Crippen LogP contribution in [0.4, 0.5) is 0 Å². The first-order valence-electron chi connectivity index (χ1n) is 10.5. The summed E-state index contributed by atoms with van der Waals surface area (Å²) in [4.78, 5) is 39.7. The summed E-state index contributed by atoms with van der Waals surface area (Å²) in [6.45, 7) is 4.09. The van der Waals surface area contributed by atoms with Crippen LogP contribution in [0.25, 0.3) is 32.4 Å². The lowest BCUT2D eigenvalue weighted by molar-refractivity contribution is -0.121. The summed E-state index contributed by atoms with van der Waals surface area (Å²) in [5, 5.41) is 7.33. The highest BCUT2D eigenvalue weighted by Crippen LogP contribution is 2.35. The normalized spacial score (nSPS) is 11.1. The van der Waals surface area contributed by atoms with Crippen LogP contribution in [0.1, 0.15) is 16.7 Å². The molecule has 34 heavy (non-hydrogen) atoms. The molecule has 1 aromatic carbocycles. The van der Waals surface area contributed by atoms with Gasteiger partial charge < -0.3 is 9.84 Å². The molecule has 0 aliphatic rings. The molecule has 1 N–H and O–H groups in total. The number of benzene rings is 1. The number of hydrogen-bond donors (Lipinski definition) is 1. The Hall–Kier alpha value is -4.18. The first-order chi connectivity index (χ1) is 16.5. The predicted octanol–water partition coefficient (Wildman–Crippen LogP) is 3.50. The molecule has 4 heterocycles. The molecule has 5 rings (SSSR count). The Morgan fingerprint density at radius 1 is 1.12 bits per heavy atom. The van der Waals surface area contributed by atoms with Crippen molar-refractivity contribution in [3.05, 3.63) is 82.2 Å². The van der Waals surface area contributed by atoms with Crippen LogP contribution in [-0.2, 0) is 17.9 Å². The minimum atomic E-state index is -0.288. The van der Waals surface area contributed by atoms with Gasteiger partial charge >= 0.3 is 0 Å². The van der Waals surface area contributed by atoms with Crippen molar-refractivity contribution < 1.29 is 9.32 Å². The Bertz CT molecular complexity index is 1540. The first kappa shape index (κ1) is 21.7. The fraction of sp³-hybridized carbons (Fsp3) is 0.167. The fourth-order valence-corrected chi connectivity index (χ4v) is 4.59. The lowest BCUT2D eigenvalue weighted by Gasteiger charge is -2.08. The lowest BCUT2D eigenvalue weighted by atomic mass is 10.1. The van der Waals surface area contributed by atoms with E-state index in [-0.39, 0.29) is 18.0 Å². The molecule has 0 unspecified atom stereocenters. The highest BCUT2D eigenvalue weighted by Gasteiger charge is 2.21. The van der Waals surface area contributed by atoms with E-state index in [1.165, 1.54) is 22.2 Å². The van der Waals surface area contributed by atoms with Crippen molar-refractivity contribution in [2.45, 2.75) is 26.9 Å². The largest absolute Gasteiger partial charge is 0.350 e. The Kier molecular flexibility index (Phi) is 5.72. The maximum Gasteiger partial charge on any atom is 0.268 e. The number of carbonyl (C=O) groups is 1. The third-order valence-corrected chi connectivity index (χ3v) is 6.59. The molecule has 0 saturated heterocycles. The average molecular weight is 473 g/mol. The summed E-state index contributed by atoms with van der Waals surface area (Å²) in [5.41, 5.74) is 3.33. The van der Waals surface area contributed by atoms with Crippen molar-refractivity contribution in [1.29, 1.82) is 0 Å². The van der Waals surface area contributed by atoms with Gasteiger partial charge in [-0.2, -0.15) is 4.98 Å². The molecule has 0 radical (unpaired) electrons. The third-order valence-electron chi connectivity index (χ3n) is 5.40. The molecule has 0 aliphatic carbocycles. The molecule has 0 spiro atoms. The van der Waals surface area contributed by atoms with Gasteiger partial charge in [-0.1, -0.05) is 35.0 Å². The van der Waals surface area contributed by atoms with Gasteiger partial charge in [0.15, 0.2) is 0 Å². The van der Waals surface area contributed by atoms with E-state index in [9.17, 15) is 9.59 Å². The van der Waals surface area contributed by atoms with Gasteiger partial charge in [-0.05, 0) is 37.1 Å². The highest BCUT2D eigenvalue weighted by molar-refractivity contribution is 7.22. The Balaban J connectivity index is 1.38. The second kappa shape index (κ2) is 8.99. The summed E-state index contributed by atoms with van der Waals surface area (Å²) >= 11 is 1.30. The molecule has 170 valence electrons. The van der Waals surface area contributed by atoms with Gasteiger partial charge in [-0.25, -0.2) is 4.98 Å². The molecule has 0 bridgehead atoms. The maximum absolute atomic E-state index is 13.1. The van der Waals surface area contributed by atoms with Crippen molar-refractivity contribution in [2.75, 3.05) is 0 Å². The zero-order chi connectivity index (χ0) is 23.7. The summed E-state index contributed by atoms with van der Waals surface area (Å²) < 4.78 is 6.77. The zero-order valence-electron chi connectivity index (χ0n) is 18.5. The second-order valence-electron chi connectivity index (χ2n) is 7.84. The molecular weight excluding hydrogens is 452 g/mol. The standard InChI is InChI=1S/C24H20N6O3S/c1-14-3-5-16(6-4-14)11-26-18(31)12-30-13-27-23-19(24(30)32)15(2)20(34-23)22-28-21(29-33-22)17-7-9-25-10-8-17/h3-10,13H,11-12H2,1-2H3,(H,26,31). The lowest BCUT2D eigenvalue weighted by Crippen LogP contribution is -2.32. The molecule has 0 saturated carbocycles. The van der Waals surface area contributed by atoms with Gasteiger partial charge in [0.05, 0.1) is 16.6 Å². The molecule has 10 heteroatoms. The number of carbonyl (C=O) groups excluding carboxylic acids is 1. The molecule has 1 amide bonds. The van der Waals surface area contributed by atoms with Crippen LogP contribution in [0.15, 0.2) is 64.4 Å². The number of thiophene rings is 1. The summed E-state index contributed by atoms with van der Waals surface area (Å²) in [5.74, 6) is 0.481. The fourth-order valence-electron chi connectivity index (χ4n) is 3.53. The van der Waals surface area contributed by atoms with E-state index in [1.54, 1.807) is 24.5 Å². The Labute approximate surface area is 198 Å². The van der Waals surface area contributed by atoms with Crippen LogP contribution in [0.5, 0.6) is 0 Å². The van der Waals surface area contributed by atoms with Crippen LogP contribution >= 0.6 is 11.3 Å². The molecule has 5 aromatic rings. The van der Waals surface area contributed by atoms with Crippen molar-refractivity contribution in [2.24, 2.45) is 0 Å². The number of nitrogens with zero attached hydrogens (tertiary/aromatic N) is 5.